The smallest absolute Gasteiger partial charge is 0.227 e. The van der Waals surface area contributed by atoms with Crippen LogP contribution in [0.15, 0.2) is 4.52 Å². The summed E-state index contributed by atoms with van der Waals surface area (Å²) in [6, 6.07) is 0.528. The Morgan fingerprint density at radius 3 is 2.67 bits per heavy atom. The van der Waals surface area contributed by atoms with Crippen molar-refractivity contribution in [2.45, 2.75) is 45.6 Å². The molecule has 2 aliphatic heterocycles. The quantitative estimate of drug-likeness (QED) is 0.860. The van der Waals surface area contributed by atoms with Crippen LogP contribution in [-0.2, 0) is 24.1 Å². The maximum Gasteiger partial charge on any atom is 0.227 e. The minimum absolute atomic E-state index is 0. The van der Waals surface area contributed by atoms with E-state index < -0.39 is 0 Å². The van der Waals surface area contributed by atoms with Crippen LogP contribution in [0.1, 0.15) is 37.3 Å². The van der Waals surface area contributed by atoms with Gasteiger partial charge in [0, 0.05) is 57.3 Å². The second-order valence-electron chi connectivity index (χ2n) is 6.48. The predicted octanol–water partition coefficient (Wildman–Crippen LogP) is 1.27. The lowest BCUT2D eigenvalue weighted by atomic mass is 10.1. The highest BCUT2D eigenvalue weighted by Crippen LogP contribution is 2.21. The number of amides is 1. The molecule has 1 unspecified atom stereocenters. The Morgan fingerprint density at radius 1 is 1.25 bits per heavy atom. The molecule has 136 valence electrons. The van der Waals surface area contributed by atoms with Gasteiger partial charge in [-0.25, -0.2) is 0 Å². The van der Waals surface area contributed by atoms with Crippen LogP contribution in [0, 0.1) is 0 Å². The van der Waals surface area contributed by atoms with E-state index in [-0.39, 0.29) is 18.3 Å². The summed E-state index contributed by atoms with van der Waals surface area (Å²) in [6.07, 6.45) is 3.13. The number of aryl methyl sites for hydroxylation is 2. The molecule has 3 heterocycles. The SMILES string of the molecule is CCc1noc(CC)c1CC(=O)N1CCC(N2CCNCC2)C1.Cl. The number of likely N-dealkylation sites (tertiary alicyclic amines) is 1. The molecule has 2 saturated heterocycles. The zero-order chi connectivity index (χ0) is 16.2. The first-order chi connectivity index (χ1) is 11.2. The summed E-state index contributed by atoms with van der Waals surface area (Å²) in [5.74, 6) is 1.09. The number of rotatable bonds is 5. The monoisotopic (exact) mass is 356 g/mol. The van der Waals surface area contributed by atoms with E-state index in [0.29, 0.717) is 12.5 Å². The highest BCUT2D eigenvalue weighted by molar-refractivity contribution is 5.85. The Bertz CT molecular complexity index is 521. The van der Waals surface area contributed by atoms with E-state index in [9.17, 15) is 4.79 Å². The number of nitrogens with one attached hydrogen (secondary N) is 1. The van der Waals surface area contributed by atoms with E-state index in [0.717, 1.165) is 75.5 Å². The van der Waals surface area contributed by atoms with Gasteiger partial charge in [-0.1, -0.05) is 19.0 Å². The van der Waals surface area contributed by atoms with Gasteiger partial charge in [-0.05, 0) is 12.8 Å². The average Bonchev–Trinajstić information content (AvgIpc) is 3.22. The average molecular weight is 357 g/mol. The van der Waals surface area contributed by atoms with E-state index in [2.05, 4.69) is 22.3 Å². The van der Waals surface area contributed by atoms with Crippen LogP contribution in [0.3, 0.4) is 0 Å². The zero-order valence-corrected chi connectivity index (χ0v) is 15.5. The minimum atomic E-state index is 0. The topological polar surface area (TPSA) is 61.6 Å². The lowest BCUT2D eigenvalue weighted by molar-refractivity contribution is -0.129. The third-order valence-corrected chi connectivity index (χ3v) is 5.12. The van der Waals surface area contributed by atoms with Gasteiger partial charge in [-0.15, -0.1) is 12.4 Å². The Hall–Kier alpha value is -1.11. The van der Waals surface area contributed by atoms with Crippen molar-refractivity contribution in [3.8, 4) is 0 Å². The predicted molar refractivity (Wildman–Crippen MR) is 95.6 cm³/mol. The molecule has 1 atom stereocenters. The lowest BCUT2D eigenvalue weighted by Gasteiger charge is -2.32. The molecule has 1 N–H and O–H groups in total. The van der Waals surface area contributed by atoms with E-state index >= 15 is 0 Å². The van der Waals surface area contributed by atoms with Crippen molar-refractivity contribution in [1.29, 1.82) is 0 Å². The number of nitrogens with zero attached hydrogens (tertiary/aromatic N) is 3. The summed E-state index contributed by atoms with van der Waals surface area (Å²) < 4.78 is 5.38. The molecule has 1 amide bonds. The van der Waals surface area contributed by atoms with Gasteiger partial charge in [-0.3, -0.25) is 9.69 Å². The van der Waals surface area contributed by atoms with Gasteiger partial charge in [0.15, 0.2) is 0 Å². The van der Waals surface area contributed by atoms with Crippen LogP contribution >= 0.6 is 12.4 Å². The summed E-state index contributed by atoms with van der Waals surface area (Å²) in [6.45, 7) is 10.2. The first-order valence-electron chi connectivity index (χ1n) is 8.91. The summed E-state index contributed by atoms with van der Waals surface area (Å²) in [5.41, 5.74) is 1.96. The first kappa shape index (κ1) is 19.2. The highest BCUT2D eigenvalue weighted by atomic mass is 35.5. The standard InChI is InChI=1S/C17H28N4O2.ClH/c1-3-15-14(16(4-2)23-19-15)11-17(22)21-8-5-13(12-21)20-9-6-18-7-10-20;/h13,18H,3-12H2,1-2H3;1H. The lowest BCUT2D eigenvalue weighted by Crippen LogP contribution is -2.49. The second kappa shape index (κ2) is 8.83. The van der Waals surface area contributed by atoms with Crippen molar-refractivity contribution in [2.75, 3.05) is 39.3 Å². The molecule has 0 aliphatic carbocycles. The fourth-order valence-electron chi connectivity index (χ4n) is 3.71. The Balaban J connectivity index is 0.00000208. The molecule has 1 aromatic heterocycles. The molecular formula is C17H29ClN4O2. The first-order valence-corrected chi connectivity index (χ1v) is 8.91. The number of aromatic nitrogens is 1. The normalized spacial score (nSPS) is 21.8. The molecule has 0 radical (unpaired) electrons. The number of carbonyl (C=O) groups is 1. The van der Waals surface area contributed by atoms with E-state index in [1.807, 2.05) is 11.8 Å². The fraction of sp³-hybridized carbons (Fsp3) is 0.765. The number of hydrogen-bond donors (Lipinski definition) is 1. The van der Waals surface area contributed by atoms with Gasteiger partial charge < -0.3 is 14.7 Å². The number of piperazine rings is 1. The molecule has 7 heteroatoms. The van der Waals surface area contributed by atoms with Crippen molar-refractivity contribution >= 4 is 18.3 Å². The number of carbonyl (C=O) groups excluding carboxylic acids is 1. The summed E-state index contributed by atoms with van der Waals surface area (Å²) >= 11 is 0. The van der Waals surface area contributed by atoms with Gasteiger partial charge in [0.2, 0.25) is 5.91 Å². The van der Waals surface area contributed by atoms with Crippen LogP contribution in [0.4, 0.5) is 0 Å². The Morgan fingerprint density at radius 2 is 2.00 bits per heavy atom. The molecule has 2 aliphatic rings. The van der Waals surface area contributed by atoms with Crippen molar-refractivity contribution in [3.05, 3.63) is 17.0 Å². The van der Waals surface area contributed by atoms with Crippen LogP contribution in [0.2, 0.25) is 0 Å². The van der Waals surface area contributed by atoms with Crippen LogP contribution < -0.4 is 5.32 Å². The van der Waals surface area contributed by atoms with Crippen LogP contribution in [-0.4, -0.2) is 66.2 Å². The molecule has 0 saturated carbocycles. The molecular weight excluding hydrogens is 328 g/mol. The van der Waals surface area contributed by atoms with E-state index in [1.165, 1.54) is 0 Å². The maximum atomic E-state index is 12.7. The van der Waals surface area contributed by atoms with Crippen molar-refractivity contribution in [2.24, 2.45) is 0 Å². The fourth-order valence-corrected chi connectivity index (χ4v) is 3.71. The van der Waals surface area contributed by atoms with Crippen molar-refractivity contribution < 1.29 is 9.32 Å². The van der Waals surface area contributed by atoms with Gasteiger partial charge in [0.25, 0.3) is 0 Å². The zero-order valence-electron chi connectivity index (χ0n) is 14.7. The Labute approximate surface area is 150 Å². The van der Waals surface area contributed by atoms with Crippen molar-refractivity contribution in [1.82, 2.24) is 20.3 Å². The molecule has 6 nitrogen and oxygen atoms in total. The molecule has 24 heavy (non-hydrogen) atoms. The largest absolute Gasteiger partial charge is 0.361 e. The molecule has 2 fully saturated rings. The van der Waals surface area contributed by atoms with Gasteiger partial charge in [0.05, 0.1) is 12.1 Å². The third-order valence-electron chi connectivity index (χ3n) is 5.12. The Kier molecular flexibility index (Phi) is 7.07. The molecule has 1 aromatic rings. The van der Waals surface area contributed by atoms with Crippen LogP contribution in [0.5, 0.6) is 0 Å². The second-order valence-corrected chi connectivity index (χ2v) is 6.48. The highest BCUT2D eigenvalue weighted by Gasteiger charge is 2.31. The van der Waals surface area contributed by atoms with Gasteiger partial charge in [0.1, 0.15) is 5.76 Å². The summed E-state index contributed by atoms with van der Waals surface area (Å²) in [5, 5.41) is 7.50. The molecule has 0 spiro atoms. The number of hydrogen-bond acceptors (Lipinski definition) is 5. The van der Waals surface area contributed by atoms with Gasteiger partial charge in [-0.2, -0.15) is 0 Å². The minimum Gasteiger partial charge on any atom is -0.361 e. The third kappa shape index (κ3) is 4.10. The van der Waals surface area contributed by atoms with E-state index in [1.54, 1.807) is 0 Å². The molecule has 3 rings (SSSR count). The van der Waals surface area contributed by atoms with Gasteiger partial charge >= 0.3 is 0 Å². The van der Waals surface area contributed by atoms with Crippen molar-refractivity contribution in [3.63, 3.8) is 0 Å². The molecule has 0 aromatic carbocycles. The molecule has 0 bridgehead atoms. The maximum absolute atomic E-state index is 12.7. The summed E-state index contributed by atoms with van der Waals surface area (Å²) in [4.78, 5) is 17.3. The van der Waals surface area contributed by atoms with Crippen LogP contribution in [0.25, 0.3) is 0 Å². The number of halogens is 1. The summed E-state index contributed by atoms with van der Waals surface area (Å²) in [7, 11) is 0. The van der Waals surface area contributed by atoms with E-state index in [4.69, 9.17) is 4.52 Å².